The van der Waals surface area contributed by atoms with Crippen molar-refractivity contribution < 1.29 is 24.2 Å². The van der Waals surface area contributed by atoms with E-state index >= 15 is 0 Å². The Morgan fingerprint density at radius 3 is 2.73 bits per heavy atom. The van der Waals surface area contributed by atoms with Crippen LogP contribution in [0.3, 0.4) is 0 Å². The zero-order chi connectivity index (χ0) is 16.1. The van der Waals surface area contributed by atoms with E-state index in [1.165, 1.54) is 7.11 Å². The minimum atomic E-state index is -0.880. The highest BCUT2D eigenvalue weighted by Crippen LogP contribution is 2.34. The van der Waals surface area contributed by atoms with Gasteiger partial charge in [0.05, 0.1) is 26.1 Å². The Morgan fingerprint density at radius 1 is 1.32 bits per heavy atom. The molecule has 6 nitrogen and oxygen atoms in total. The normalized spacial score (nSPS) is 20.9. The van der Waals surface area contributed by atoms with Crippen LogP contribution in [0.4, 0.5) is 0 Å². The Balaban J connectivity index is 2.17. The molecule has 2 atom stereocenters. The van der Waals surface area contributed by atoms with E-state index < -0.39 is 11.9 Å². The molecule has 1 amide bonds. The zero-order valence-electron chi connectivity index (χ0n) is 12.8. The molecule has 0 aromatic heterocycles. The standard InChI is InChI=1S/C16H21NO5/c1-21-7-6-15(18)17-9-13(14(10-17)16(19)20)11-4-3-5-12(8-11)22-2/h3-5,8,13-14H,6-7,9-10H2,1-2H3,(H,19,20)/t13-,14+/m0/s1. The second-order valence-corrected chi connectivity index (χ2v) is 5.37. The summed E-state index contributed by atoms with van der Waals surface area (Å²) in [5, 5.41) is 9.45. The third kappa shape index (κ3) is 3.57. The number of rotatable bonds is 6. The van der Waals surface area contributed by atoms with E-state index in [-0.39, 0.29) is 24.8 Å². The minimum absolute atomic E-state index is 0.0708. The zero-order valence-corrected chi connectivity index (χ0v) is 12.8. The SMILES string of the molecule is COCCC(=O)N1C[C@@H](C(=O)O)[C@H](c2cccc(OC)c2)C1. The van der Waals surface area contributed by atoms with Gasteiger partial charge in [-0.1, -0.05) is 12.1 Å². The number of benzene rings is 1. The van der Waals surface area contributed by atoms with E-state index in [0.717, 1.165) is 5.56 Å². The van der Waals surface area contributed by atoms with Crippen LogP contribution >= 0.6 is 0 Å². The maximum absolute atomic E-state index is 12.1. The molecule has 0 spiro atoms. The summed E-state index contributed by atoms with van der Waals surface area (Å²) in [5.41, 5.74) is 0.883. The Hall–Kier alpha value is -2.08. The van der Waals surface area contributed by atoms with Crippen molar-refractivity contribution in [1.82, 2.24) is 4.90 Å². The number of carbonyl (C=O) groups excluding carboxylic acids is 1. The molecule has 1 aliphatic rings. The molecule has 0 radical (unpaired) electrons. The second kappa shape index (κ2) is 7.26. The number of aliphatic carboxylic acids is 1. The summed E-state index contributed by atoms with van der Waals surface area (Å²) in [5.74, 6) is -1.09. The predicted octanol–water partition coefficient (Wildman–Crippen LogP) is 1.36. The largest absolute Gasteiger partial charge is 0.497 e. The summed E-state index contributed by atoms with van der Waals surface area (Å²) < 4.78 is 10.1. The van der Waals surface area contributed by atoms with Gasteiger partial charge < -0.3 is 19.5 Å². The average molecular weight is 307 g/mol. The lowest BCUT2D eigenvalue weighted by atomic mass is 9.89. The number of carboxylic acid groups (broad SMARTS) is 1. The molecular formula is C16H21NO5. The van der Waals surface area contributed by atoms with Crippen LogP contribution < -0.4 is 4.74 Å². The van der Waals surface area contributed by atoms with Gasteiger partial charge in [0.1, 0.15) is 5.75 Å². The maximum atomic E-state index is 12.1. The summed E-state index contributed by atoms with van der Waals surface area (Å²) in [6.45, 7) is 0.989. The summed E-state index contributed by atoms with van der Waals surface area (Å²) >= 11 is 0. The third-order valence-corrected chi connectivity index (χ3v) is 4.03. The van der Waals surface area contributed by atoms with Gasteiger partial charge in [0, 0.05) is 26.1 Å². The molecule has 1 aliphatic heterocycles. The van der Waals surface area contributed by atoms with Crippen LogP contribution in [0.1, 0.15) is 17.9 Å². The summed E-state index contributed by atoms with van der Waals surface area (Å²) in [6, 6.07) is 7.37. The van der Waals surface area contributed by atoms with Crippen LogP contribution in [-0.4, -0.2) is 55.8 Å². The fourth-order valence-electron chi connectivity index (χ4n) is 2.82. The molecule has 6 heteroatoms. The summed E-state index contributed by atoms with van der Waals surface area (Å²) in [6.07, 6.45) is 0.271. The molecule has 1 heterocycles. The Bertz CT molecular complexity index is 545. The molecule has 2 rings (SSSR count). The molecule has 0 bridgehead atoms. The minimum Gasteiger partial charge on any atom is -0.497 e. The molecule has 22 heavy (non-hydrogen) atoms. The Morgan fingerprint density at radius 2 is 2.09 bits per heavy atom. The van der Waals surface area contributed by atoms with Gasteiger partial charge in [-0.2, -0.15) is 0 Å². The Labute approximate surface area is 129 Å². The quantitative estimate of drug-likeness (QED) is 0.859. The summed E-state index contributed by atoms with van der Waals surface area (Å²) in [4.78, 5) is 25.2. The van der Waals surface area contributed by atoms with Gasteiger partial charge in [-0.15, -0.1) is 0 Å². The fourth-order valence-corrected chi connectivity index (χ4v) is 2.82. The number of likely N-dealkylation sites (tertiary alicyclic amines) is 1. The first kappa shape index (κ1) is 16.3. The van der Waals surface area contributed by atoms with Gasteiger partial charge in [-0.3, -0.25) is 9.59 Å². The monoisotopic (exact) mass is 307 g/mol. The number of carboxylic acids is 1. The van der Waals surface area contributed by atoms with Crippen molar-refractivity contribution in [3.63, 3.8) is 0 Å². The third-order valence-electron chi connectivity index (χ3n) is 4.03. The maximum Gasteiger partial charge on any atom is 0.308 e. The van der Waals surface area contributed by atoms with Crippen LogP contribution in [0.2, 0.25) is 0 Å². The highest BCUT2D eigenvalue weighted by atomic mass is 16.5. The van der Waals surface area contributed by atoms with E-state index in [1.54, 1.807) is 12.0 Å². The van der Waals surface area contributed by atoms with Crippen molar-refractivity contribution >= 4 is 11.9 Å². The number of nitrogens with zero attached hydrogens (tertiary/aromatic N) is 1. The van der Waals surface area contributed by atoms with Gasteiger partial charge in [-0.05, 0) is 17.7 Å². The first-order valence-corrected chi connectivity index (χ1v) is 7.20. The number of carbonyl (C=O) groups is 2. The average Bonchev–Trinajstić information content (AvgIpc) is 2.98. The van der Waals surface area contributed by atoms with Crippen LogP contribution in [0.15, 0.2) is 24.3 Å². The number of hydrogen-bond acceptors (Lipinski definition) is 4. The van der Waals surface area contributed by atoms with Gasteiger partial charge in [-0.25, -0.2) is 0 Å². The van der Waals surface area contributed by atoms with Crippen LogP contribution in [0.25, 0.3) is 0 Å². The number of ether oxygens (including phenoxy) is 2. The van der Waals surface area contributed by atoms with Gasteiger partial charge >= 0.3 is 5.97 Å². The number of hydrogen-bond donors (Lipinski definition) is 1. The number of amides is 1. The van der Waals surface area contributed by atoms with Crippen molar-refractivity contribution in [3.8, 4) is 5.75 Å². The molecular weight excluding hydrogens is 286 g/mol. The van der Waals surface area contributed by atoms with Crippen molar-refractivity contribution in [2.75, 3.05) is 33.9 Å². The smallest absolute Gasteiger partial charge is 0.308 e. The molecule has 0 saturated carbocycles. The van der Waals surface area contributed by atoms with E-state index in [1.807, 2.05) is 24.3 Å². The first-order chi connectivity index (χ1) is 10.6. The van der Waals surface area contributed by atoms with Crippen LogP contribution in [-0.2, 0) is 14.3 Å². The molecule has 0 aliphatic carbocycles. The molecule has 1 fully saturated rings. The summed E-state index contributed by atoms with van der Waals surface area (Å²) in [7, 11) is 3.11. The molecule has 1 aromatic rings. The lowest BCUT2D eigenvalue weighted by molar-refractivity contribution is -0.141. The van der Waals surface area contributed by atoms with Crippen molar-refractivity contribution in [2.24, 2.45) is 5.92 Å². The number of methoxy groups -OCH3 is 2. The van der Waals surface area contributed by atoms with Gasteiger partial charge in [0.25, 0.3) is 0 Å². The molecule has 1 aromatic carbocycles. The van der Waals surface area contributed by atoms with Crippen LogP contribution in [0, 0.1) is 5.92 Å². The van der Waals surface area contributed by atoms with Crippen molar-refractivity contribution in [3.05, 3.63) is 29.8 Å². The lowest BCUT2D eigenvalue weighted by Crippen LogP contribution is -2.30. The van der Waals surface area contributed by atoms with E-state index in [2.05, 4.69) is 0 Å². The van der Waals surface area contributed by atoms with Crippen LogP contribution in [0.5, 0.6) is 5.75 Å². The lowest BCUT2D eigenvalue weighted by Gasteiger charge is -2.16. The second-order valence-electron chi connectivity index (χ2n) is 5.37. The molecule has 120 valence electrons. The highest BCUT2D eigenvalue weighted by molar-refractivity contribution is 5.79. The Kier molecular flexibility index (Phi) is 5.38. The fraction of sp³-hybridized carbons (Fsp3) is 0.500. The van der Waals surface area contributed by atoms with E-state index in [9.17, 15) is 14.7 Å². The van der Waals surface area contributed by atoms with E-state index in [4.69, 9.17) is 9.47 Å². The topological polar surface area (TPSA) is 76.1 Å². The van der Waals surface area contributed by atoms with Gasteiger partial charge in [0.2, 0.25) is 5.91 Å². The highest BCUT2D eigenvalue weighted by Gasteiger charge is 2.40. The van der Waals surface area contributed by atoms with Crippen molar-refractivity contribution in [1.29, 1.82) is 0 Å². The van der Waals surface area contributed by atoms with Crippen molar-refractivity contribution in [2.45, 2.75) is 12.3 Å². The molecule has 1 saturated heterocycles. The predicted molar refractivity (Wildman–Crippen MR) is 79.9 cm³/mol. The molecule has 1 N–H and O–H groups in total. The van der Waals surface area contributed by atoms with E-state index in [0.29, 0.717) is 18.9 Å². The molecule has 0 unspecified atom stereocenters. The first-order valence-electron chi connectivity index (χ1n) is 7.20. The van der Waals surface area contributed by atoms with Gasteiger partial charge in [0.15, 0.2) is 0 Å².